The number of benzene rings is 2. The van der Waals surface area contributed by atoms with Gasteiger partial charge in [-0.25, -0.2) is 12.7 Å². The van der Waals surface area contributed by atoms with Crippen LogP contribution in [0.3, 0.4) is 0 Å². The molecule has 0 amide bonds. The number of halogens is 2. The summed E-state index contributed by atoms with van der Waals surface area (Å²) in [7, 11) is -1.44. The Bertz CT molecular complexity index is 1130. The topological polar surface area (TPSA) is 66.9 Å². The monoisotopic (exact) mass is 538 g/mol. The molecule has 0 atom stereocenters. The van der Waals surface area contributed by atoms with Crippen LogP contribution in [-0.2, 0) is 10.0 Å². The molecule has 9 heteroatoms. The molecule has 1 aliphatic heterocycles. The van der Waals surface area contributed by atoms with Crippen molar-refractivity contribution in [2.75, 3.05) is 39.0 Å². The van der Waals surface area contributed by atoms with Crippen LogP contribution in [-0.4, -0.2) is 68.5 Å². The highest BCUT2D eigenvalue weighted by atomic mass is 35.5. The van der Waals surface area contributed by atoms with Gasteiger partial charge in [-0.15, -0.1) is 0 Å². The van der Waals surface area contributed by atoms with Gasteiger partial charge in [-0.05, 0) is 93.4 Å². The first-order chi connectivity index (χ1) is 16.7. The van der Waals surface area contributed by atoms with Crippen LogP contribution in [0.1, 0.15) is 42.1 Å². The number of hydrogen-bond acceptors (Lipinski definition) is 5. The first kappa shape index (κ1) is 27.7. The normalized spacial score (nSPS) is 15.7. The molecule has 2 aromatic carbocycles. The number of nitrogens with zero attached hydrogens (tertiary/aromatic N) is 2. The molecule has 35 heavy (non-hydrogen) atoms. The molecule has 1 fully saturated rings. The van der Waals surface area contributed by atoms with Crippen LogP contribution in [0.2, 0.25) is 10.0 Å². The fraction of sp³-hybridized carbons (Fsp3) is 0.423. The second kappa shape index (κ2) is 12.9. The molecule has 190 valence electrons. The lowest BCUT2D eigenvalue weighted by atomic mass is 10.1. The summed E-state index contributed by atoms with van der Waals surface area (Å²) in [6.45, 7) is 4.94. The number of likely N-dealkylation sites (tertiary alicyclic amines) is 1. The van der Waals surface area contributed by atoms with E-state index in [1.807, 2.05) is 0 Å². The summed E-state index contributed by atoms with van der Waals surface area (Å²) in [6, 6.07) is 12.3. The molecule has 0 aromatic heterocycles. The van der Waals surface area contributed by atoms with Gasteiger partial charge in [0.05, 0.1) is 12.4 Å². The number of rotatable bonds is 11. The van der Waals surface area contributed by atoms with E-state index in [-0.39, 0.29) is 17.6 Å². The molecule has 1 heterocycles. The van der Waals surface area contributed by atoms with E-state index in [1.54, 1.807) is 66.8 Å². The number of allylic oxidation sites excluding steroid dienone is 1. The summed E-state index contributed by atoms with van der Waals surface area (Å²) in [5, 5.41) is 1.04. The van der Waals surface area contributed by atoms with E-state index in [9.17, 15) is 13.2 Å². The number of sulfonamides is 1. The highest BCUT2D eigenvalue weighted by Gasteiger charge is 2.28. The zero-order valence-corrected chi connectivity index (χ0v) is 22.5. The van der Waals surface area contributed by atoms with Gasteiger partial charge in [0.15, 0.2) is 5.78 Å². The highest BCUT2D eigenvalue weighted by Crippen LogP contribution is 2.23. The Labute approximate surface area is 218 Å². The van der Waals surface area contributed by atoms with Crippen molar-refractivity contribution in [1.29, 1.82) is 0 Å². The van der Waals surface area contributed by atoms with Crippen molar-refractivity contribution in [1.82, 2.24) is 9.21 Å². The van der Waals surface area contributed by atoms with Crippen LogP contribution < -0.4 is 4.74 Å². The maximum atomic E-state index is 12.4. The van der Waals surface area contributed by atoms with Crippen LogP contribution in [0.15, 0.2) is 48.5 Å². The van der Waals surface area contributed by atoms with Crippen LogP contribution in [0.25, 0.3) is 6.08 Å². The van der Waals surface area contributed by atoms with Gasteiger partial charge in [-0.1, -0.05) is 29.3 Å². The Morgan fingerprint density at radius 3 is 2.46 bits per heavy atom. The summed E-state index contributed by atoms with van der Waals surface area (Å²) < 4.78 is 31.5. The largest absolute Gasteiger partial charge is 0.494 e. The predicted molar refractivity (Wildman–Crippen MR) is 143 cm³/mol. The standard InChI is InChI=1S/C26H32Cl2N2O4S/c1-3-35(32,33)29(2)23-13-16-30(17-14-23)15-4-18-34-24-10-6-21(7-11-24)26(31)12-8-20-5-9-22(27)19-25(20)28/h5-12,19,23H,3-4,13-18H2,1-2H3/b12-8+. The minimum atomic E-state index is -3.13. The molecule has 0 bridgehead atoms. The van der Waals surface area contributed by atoms with Crippen LogP contribution in [0.4, 0.5) is 0 Å². The molecule has 0 N–H and O–H groups in total. The van der Waals surface area contributed by atoms with Crippen molar-refractivity contribution in [2.24, 2.45) is 0 Å². The lowest BCUT2D eigenvalue weighted by Crippen LogP contribution is -2.46. The van der Waals surface area contributed by atoms with Crippen LogP contribution >= 0.6 is 23.2 Å². The number of hydrogen-bond donors (Lipinski definition) is 0. The third-order valence-corrected chi connectivity index (χ3v) is 8.75. The van der Waals surface area contributed by atoms with E-state index in [0.717, 1.165) is 50.2 Å². The van der Waals surface area contributed by atoms with Gasteiger partial charge in [-0.3, -0.25) is 4.79 Å². The van der Waals surface area contributed by atoms with Crippen LogP contribution in [0, 0.1) is 0 Å². The Balaban J connectivity index is 1.39. The number of ketones is 1. The van der Waals surface area contributed by atoms with E-state index >= 15 is 0 Å². The van der Waals surface area contributed by atoms with Crippen LogP contribution in [0.5, 0.6) is 5.75 Å². The maximum absolute atomic E-state index is 12.4. The second-order valence-corrected chi connectivity index (χ2v) is 11.7. The Morgan fingerprint density at radius 1 is 1.14 bits per heavy atom. The third-order valence-electron chi connectivity index (χ3n) is 6.28. The summed E-state index contributed by atoms with van der Waals surface area (Å²) in [5.41, 5.74) is 1.29. The molecule has 0 unspecified atom stereocenters. The van der Waals surface area contributed by atoms with Gasteiger partial charge in [0.25, 0.3) is 0 Å². The molecule has 1 saturated heterocycles. The van der Waals surface area contributed by atoms with E-state index in [1.165, 1.54) is 6.08 Å². The Hall–Kier alpha value is -1.90. The van der Waals surface area contributed by atoms with Crippen molar-refractivity contribution < 1.29 is 17.9 Å². The molecule has 6 nitrogen and oxygen atoms in total. The van der Waals surface area contributed by atoms with Crippen molar-refractivity contribution in [3.63, 3.8) is 0 Å². The first-order valence-electron chi connectivity index (χ1n) is 11.8. The average Bonchev–Trinajstić information content (AvgIpc) is 2.86. The average molecular weight is 540 g/mol. The van der Waals surface area contributed by atoms with Crippen molar-refractivity contribution in [2.45, 2.75) is 32.2 Å². The minimum absolute atomic E-state index is 0.0895. The molecule has 2 aromatic rings. The fourth-order valence-corrected chi connectivity index (χ4v) is 5.57. The number of carbonyl (C=O) groups excluding carboxylic acids is 1. The van der Waals surface area contributed by atoms with Gasteiger partial charge in [0.1, 0.15) is 5.75 Å². The molecule has 0 saturated carbocycles. The summed E-state index contributed by atoms with van der Waals surface area (Å²) in [4.78, 5) is 14.8. The zero-order chi connectivity index (χ0) is 25.4. The van der Waals surface area contributed by atoms with Crippen molar-refractivity contribution >= 4 is 45.1 Å². The smallest absolute Gasteiger partial charge is 0.213 e. The highest BCUT2D eigenvalue weighted by molar-refractivity contribution is 7.89. The molecular weight excluding hydrogens is 507 g/mol. The second-order valence-electron chi connectivity index (χ2n) is 8.58. The zero-order valence-electron chi connectivity index (χ0n) is 20.1. The van der Waals surface area contributed by atoms with Gasteiger partial charge in [0.2, 0.25) is 10.0 Å². The van der Waals surface area contributed by atoms with E-state index in [0.29, 0.717) is 22.2 Å². The predicted octanol–water partition coefficient (Wildman–Crippen LogP) is 5.40. The van der Waals surface area contributed by atoms with Gasteiger partial charge in [0, 0.05) is 35.2 Å². The van der Waals surface area contributed by atoms with Crippen molar-refractivity contribution in [3.05, 3.63) is 69.7 Å². The molecular formula is C26H32Cl2N2O4S. The van der Waals surface area contributed by atoms with E-state index in [4.69, 9.17) is 27.9 Å². The number of ether oxygens (including phenoxy) is 1. The Morgan fingerprint density at radius 2 is 1.83 bits per heavy atom. The number of piperidine rings is 1. The van der Waals surface area contributed by atoms with Gasteiger partial charge in [-0.2, -0.15) is 0 Å². The summed E-state index contributed by atoms with van der Waals surface area (Å²) in [5.74, 6) is 0.741. The number of carbonyl (C=O) groups is 1. The molecule has 0 radical (unpaired) electrons. The first-order valence-corrected chi connectivity index (χ1v) is 14.1. The molecule has 0 aliphatic carbocycles. The van der Waals surface area contributed by atoms with Gasteiger partial charge >= 0.3 is 0 Å². The summed E-state index contributed by atoms with van der Waals surface area (Å²) in [6.07, 6.45) is 5.74. The molecule has 1 aliphatic rings. The van der Waals surface area contributed by atoms with E-state index in [2.05, 4.69) is 4.90 Å². The summed E-state index contributed by atoms with van der Waals surface area (Å²) >= 11 is 12.0. The van der Waals surface area contributed by atoms with Crippen molar-refractivity contribution in [3.8, 4) is 5.75 Å². The Kier molecular flexibility index (Phi) is 10.2. The minimum Gasteiger partial charge on any atom is -0.494 e. The lowest BCUT2D eigenvalue weighted by molar-refractivity contribution is 0.104. The SMILES string of the molecule is CCS(=O)(=O)N(C)C1CCN(CCCOc2ccc(C(=O)/C=C/c3ccc(Cl)cc3Cl)cc2)CC1. The quantitative estimate of drug-likeness (QED) is 0.217. The van der Waals surface area contributed by atoms with Gasteiger partial charge < -0.3 is 9.64 Å². The fourth-order valence-electron chi connectivity index (χ4n) is 4.03. The molecule has 0 spiro atoms. The molecule has 3 rings (SSSR count). The lowest BCUT2D eigenvalue weighted by Gasteiger charge is -2.36. The third kappa shape index (κ3) is 8.05. The maximum Gasteiger partial charge on any atom is 0.213 e. The van der Waals surface area contributed by atoms with E-state index < -0.39 is 10.0 Å².